The summed E-state index contributed by atoms with van der Waals surface area (Å²) in [5.41, 5.74) is 1.11. The van der Waals surface area contributed by atoms with Crippen LogP contribution in [0.3, 0.4) is 0 Å². The van der Waals surface area contributed by atoms with Crippen LogP contribution in [0.4, 0.5) is 0 Å². The molecule has 1 aliphatic rings. The third-order valence-corrected chi connectivity index (χ3v) is 5.25. The molecule has 0 unspecified atom stereocenters. The highest BCUT2D eigenvalue weighted by atomic mass is 32.1. The normalized spacial score (nSPS) is 15.0. The first-order valence-electron chi connectivity index (χ1n) is 8.19. The van der Waals surface area contributed by atoms with Crippen molar-refractivity contribution in [2.75, 3.05) is 19.8 Å². The van der Waals surface area contributed by atoms with Crippen LogP contribution in [0.25, 0.3) is 0 Å². The van der Waals surface area contributed by atoms with Gasteiger partial charge in [0.2, 0.25) is 0 Å². The molecule has 124 valence electrons. The Labute approximate surface area is 146 Å². The van der Waals surface area contributed by atoms with Gasteiger partial charge in [0.25, 0.3) is 5.91 Å². The second-order valence-corrected chi connectivity index (χ2v) is 6.90. The Morgan fingerprint density at radius 1 is 1.29 bits per heavy atom. The number of amides is 1. The topological polar surface area (TPSA) is 53.3 Å². The molecule has 0 atom stereocenters. The molecule has 2 heterocycles. The minimum Gasteiger partial charge on any atom is -0.381 e. The van der Waals surface area contributed by atoms with Crippen LogP contribution in [0.1, 0.15) is 33.6 Å². The molecule has 0 aliphatic carbocycles. The van der Waals surface area contributed by atoms with E-state index in [2.05, 4.69) is 17.5 Å². The van der Waals surface area contributed by atoms with Crippen molar-refractivity contribution in [1.82, 2.24) is 4.90 Å². The van der Waals surface area contributed by atoms with Crippen LogP contribution in [0, 0.1) is 11.3 Å². The fourth-order valence-corrected chi connectivity index (χ4v) is 3.72. The zero-order valence-electron chi connectivity index (χ0n) is 13.5. The van der Waals surface area contributed by atoms with Gasteiger partial charge in [-0.3, -0.25) is 4.79 Å². The lowest BCUT2D eigenvalue weighted by Gasteiger charge is -2.34. The molecular weight excluding hydrogens is 320 g/mol. The van der Waals surface area contributed by atoms with Crippen molar-refractivity contribution in [3.63, 3.8) is 0 Å². The summed E-state index contributed by atoms with van der Waals surface area (Å²) >= 11 is 1.72. The maximum absolute atomic E-state index is 13.1. The van der Waals surface area contributed by atoms with Crippen LogP contribution in [0.15, 0.2) is 41.8 Å². The summed E-state index contributed by atoms with van der Waals surface area (Å²) in [6.07, 6.45) is 2.60. The average Bonchev–Trinajstić information content (AvgIpc) is 3.16. The first kappa shape index (κ1) is 16.7. The van der Waals surface area contributed by atoms with E-state index in [1.165, 1.54) is 4.88 Å². The van der Waals surface area contributed by atoms with Crippen LogP contribution < -0.4 is 0 Å². The van der Waals surface area contributed by atoms with E-state index < -0.39 is 0 Å². The van der Waals surface area contributed by atoms with Crippen LogP contribution in [-0.2, 0) is 11.2 Å². The molecule has 3 rings (SSSR count). The highest BCUT2D eigenvalue weighted by Gasteiger charge is 2.26. The van der Waals surface area contributed by atoms with Gasteiger partial charge in [0.1, 0.15) is 0 Å². The van der Waals surface area contributed by atoms with Crippen molar-refractivity contribution in [3.8, 4) is 6.07 Å². The average molecular weight is 340 g/mol. The van der Waals surface area contributed by atoms with Crippen molar-refractivity contribution >= 4 is 17.2 Å². The summed E-state index contributed by atoms with van der Waals surface area (Å²) in [4.78, 5) is 16.3. The maximum atomic E-state index is 13.1. The van der Waals surface area contributed by atoms with Crippen LogP contribution in [-0.4, -0.2) is 36.6 Å². The van der Waals surface area contributed by atoms with E-state index in [1.54, 1.807) is 35.6 Å². The Kier molecular flexibility index (Phi) is 5.63. The highest BCUT2D eigenvalue weighted by molar-refractivity contribution is 7.09. The van der Waals surface area contributed by atoms with Crippen LogP contribution >= 0.6 is 11.3 Å². The number of carbonyl (C=O) groups excluding carboxylic acids is 1. The molecule has 0 saturated carbocycles. The predicted octanol–water partition coefficient (Wildman–Crippen LogP) is 3.48. The van der Waals surface area contributed by atoms with E-state index in [1.807, 2.05) is 11.0 Å². The second kappa shape index (κ2) is 8.09. The monoisotopic (exact) mass is 340 g/mol. The summed E-state index contributed by atoms with van der Waals surface area (Å²) in [7, 11) is 0. The van der Waals surface area contributed by atoms with Crippen LogP contribution in [0.2, 0.25) is 0 Å². The third-order valence-electron chi connectivity index (χ3n) is 4.31. The number of benzene rings is 1. The van der Waals surface area contributed by atoms with E-state index in [0.717, 1.165) is 19.3 Å². The lowest BCUT2D eigenvalue weighted by Crippen LogP contribution is -2.44. The molecule has 1 aliphatic heterocycles. The molecule has 1 saturated heterocycles. The maximum Gasteiger partial charge on any atom is 0.254 e. The van der Waals surface area contributed by atoms with E-state index in [-0.39, 0.29) is 11.9 Å². The molecular formula is C19H20N2O2S. The number of thiophene rings is 1. The number of rotatable bonds is 5. The van der Waals surface area contributed by atoms with Crippen LogP contribution in [0.5, 0.6) is 0 Å². The van der Waals surface area contributed by atoms with E-state index in [4.69, 9.17) is 10.00 Å². The molecule has 1 amide bonds. The smallest absolute Gasteiger partial charge is 0.254 e. The molecule has 1 fully saturated rings. The van der Waals surface area contributed by atoms with Crippen molar-refractivity contribution in [3.05, 3.63) is 57.8 Å². The van der Waals surface area contributed by atoms with Gasteiger partial charge in [0, 0.05) is 36.2 Å². The van der Waals surface area contributed by atoms with Crippen molar-refractivity contribution < 1.29 is 9.53 Å². The summed E-state index contributed by atoms with van der Waals surface area (Å²) in [6, 6.07) is 13.4. The SMILES string of the molecule is N#Cc1cccc(C(=O)N(CCc2cccs2)C2CCOCC2)c1. The van der Waals surface area contributed by atoms with Gasteiger partial charge in [-0.05, 0) is 48.9 Å². The van der Waals surface area contributed by atoms with Gasteiger partial charge in [-0.2, -0.15) is 5.26 Å². The lowest BCUT2D eigenvalue weighted by atomic mass is 10.0. The zero-order chi connectivity index (χ0) is 16.8. The number of hydrogen-bond donors (Lipinski definition) is 0. The molecule has 4 nitrogen and oxygen atoms in total. The number of nitriles is 1. The fourth-order valence-electron chi connectivity index (χ4n) is 3.02. The number of ether oxygens (including phenoxy) is 1. The molecule has 5 heteroatoms. The lowest BCUT2D eigenvalue weighted by molar-refractivity contribution is 0.0294. The fraction of sp³-hybridized carbons (Fsp3) is 0.368. The predicted molar refractivity (Wildman–Crippen MR) is 94.1 cm³/mol. The van der Waals surface area contributed by atoms with Gasteiger partial charge in [-0.15, -0.1) is 11.3 Å². The van der Waals surface area contributed by atoms with E-state index in [9.17, 15) is 4.79 Å². The van der Waals surface area contributed by atoms with Crippen molar-refractivity contribution in [2.24, 2.45) is 0 Å². The molecule has 24 heavy (non-hydrogen) atoms. The highest BCUT2D eigenvalue weighted by Crippen LogP contribution is 2.20. The first-order chi connectivity index (χ1) is 11.8. The third kappa shape index (κ3) is 4.02. The Bertz CT molecular complexity index is 715. The number of nitrogens with zero attached hydrogens (tertiary/aromatic N) is 2. The zero-order valence-corrected chi connectivity index (χ0v) is 14.3. The van der Waals surface area contributed by atoms with Crippen molar-refractivity contribution in [1.29, 1.82) is 5.26 Å². The molecule has 0 bridgehead atoms. The van der Waals surface area contributed by atoms with Gasteiger partial charge in [-0.1, -0.05) is 12.1 Å². The van der Waals surface area contributed by atoms with E-state index in [0.29, 0.717) is 30.9 Å². The first-order valence-corrected chi connectivity index (χ1v) is 9.07. The minimum absolute atomic E-state index is 0.00977. The van der Waals surface area contributed by atoms with Gasteiger partial charge in [0.15, 0.2) is 0 Å². The standard InChI is InChI=1S/C19H20N2O2S/c20-14-15-3-1-4-16(13-15)19(22)21(17-7-10-23-11-8-17)9-6-18-5-2-12-24-18/h1-5,12-13,17H,6-11H2. The molecule has 0 N–H and O–H groups in total. The summed E-state index contributed by atoms with van der Waals surface area (Å²) < 4.78 is 5.44. The largest absolute Gasteiger partial charge is 0.381 e. The van der Waals surface area contributed by atoms with Gasteiger partial charge in [-0.25, -0.2) is 0 Å². The van der Waals surface area contributed by atoms with Crippen molar-refractivity contribution in [2.45, 2.75) is 25.3 Å². The Morgan fingerprint density at radius 2 is 2.12 bits per heavy atom. The molecule has 0 spiro atoms. The Hall–Kier alpha value is -2.16. The van der Waals surface area contributed by atoms with E-state index >= 15 is 0 Å². The number of hydrogen-bond acceptors (Lipinski definition) is 4. The summed E-state index contributed by atoms with van der Waals surface area (Å²) in [5, 5.41) is 11.1. The molecule has 1 aromatic carbocycles. The Morgan fingerprint density at radius 3 is 2.83 bits per heavy atom. The van der Waals surface area contributed by atoms with Gasteiger partial charge >= 0.3 is 0 Å². The second-order valence-electron chi connectivity index (χ2n) is 5.86. The molecule has 1 aromatic heterocycles. The quantitative estimate of drug-likeness (QED) is 0.837. The summed E-state index contributed by atoms with van der Waals surface area (Å²) in [5.74, 6) is 0.00977. The minimum atomic E-state index is 0.00977. The summed E-state index contributed by atoms with van der Waals surface area (Å²) in [6.45, 7) is 2.10. The molecule has 2 aromatic rings. The Balaban J connectivity index is 1.79. The molecule has 0 radical (unpaired) electrons. The van der Waals surface area contributed by atoms with Gasteiger partial charge in [0.05, 0.1) is 11.6 Å². The van der Waals surface area contributed by atoms with Gasteiger partial charge < -0.3 is 9.64 Å². The number of carbonyl (C=O) groups is 1.